The molecule has 0 aliphatic heterocycles. The maximum atomic E-state index is 12.4. The number of hydrogen-bond acceptors (Lipinski definition) is 3. The number of nitrogens with one attached hydrogen (secondary N) is 1. The number of aromatic nitrogens is 2. The van der Waals surface area contributed by atoms with Gasteiger partial charge in [0.2, 0.25) is 5.95 Å². The molecule has 0 bridgehead atoms. The summed E-state index contributed by atoms with van der Waals surface area (Å²) in [6.45, 7) is 8.23. The maximum Gasteiger partial charge on any atom is 0.262 e. The quantitative estimate of drug-likeness (QED) is 0.902. The first-order valence-corrected chi connectivity index (χ1v) is 6.60. The smallest absolute Gasteiger partial charge is 0.262 e. The topological polar surface area (TPSA) is 46.9 Å². The number of rotatable bonds is 2. The Bertz CT molecular complexity index is 665. The van der Waals surface area contributed by atoms with E-state index in [0.29, 0.717) is 11.3 Å². The Morgan fingerprint density at radius 3 is 2.58 bits per heavy atom. The molecule has 19 heavy (non-hydrogen) atoms. The van der Waals surface area contributed by atoms with Gasteiger partial charge in [0.25, 0.3) is 5.56 Å². The molecular formula is C15H21N3O. The van der Waals surface area contributed by atoms with E-state index >= 15 is 0 Å². The zero-order valence-electron chi connectivity index (χ0n) is 12.2. The zero-order valence-corrected chi connectivity index (χ0v) is 12.2. The van der Waals surface area contributed by atoms with E-state index in [1.165, 1.54) is 0 Å². The van der Waals surface area contributed by atoms with E-state index in [1.54, 1.807) is 11.6 Å². The van der Waals surface area contributed by atoms with Gasteiger partial charge in [0.05, 0.1) is 10.9 Å². The molecule has 1 heterocycles. The van der Waals surface area contributed by atoms with Crippen LogP contribution in [0.1, 0.15) is 33.3 Å². The summed E-state index contributed by atoms with van der Waals surface area (Å²) in [5.74, 6) is 0.617. The van der Waals surface area contributed by atoms with Crippen LogP contribution in [0.4, 0.5) is 5.95 Å². The lowest BCUT2D eigenvalue weighted by atomic mass is 10.1. The summed E-state index contributed by atoms with van der Waals surface area (Å²) in [6, 6.07) is 5.78. The first-order chi connectivity index (χ1) is 8.83. The van der Waals surface area contributed by atoms with Gasteiger partial charge >= 0.3 is 0 Å². The van der Waals surface area contributed by atoms with Gasteiger partial charge in [0.15, 0.2) is 0 Å². The van der Waals surface area contributed by atoms with Crippen molar-refractivity contribution < 1.29 is 0 Å². The highest BCUT2D eigenvalue weighted by Crippen LogP contribution is 2.18. The largest absolute Gasteiger partial charge is 0.351 e. The third kappa shape index (κ3) is 2.62. The van der Waals surface area contributed by atoms with Gasteiger partial charge in [0, 0.05) is 12.6 Å². The summed E-state index contributed by atoms with van der Waals surface area (Å²) in [6.07, 6.45) is 0.868. The molecule has 0 radical (unpaired) electrons. The van der Waals surface area contributed by atoms with E-state index < -0.39 is 0 Å². The van der Waals surface area contributed by atoms with Gasteiger partial charge in [-0.25, -0.2) is 4.98 Å². The summed E-state index contributed by atoms with van der Waals surface area (Å²) in [7, 11) is 1.75. The van der Waals surface area contributed by atoms with Crippen LogP contribution in [0.3, 0.4) is 0 Å². The van der Waals surface area contributed by atoms with E-state index in [1.807, 2.05) is 18.2 Å². The Morgan fingerprint density at radius 1 is 1.32 bits per heavy atom. The van der Waals surface area contributed by atoms with Crippen molar-refractivity contribution in [2.45, 2.75) is 39.7 Å². The molecule has 0 aliphatic rings. The Balaban J connectivity index is 2.74. The minimum atomic E-state index is -0.133. The molecule has 0 atom stereocenters. The monoisotopic (exact) mass is 259 g/mol. The predicted molar refractivity (Wildman–Crippen MR) is 79.7 cm³/mol. The highest BCUT2D eigenvalue weighted by Gasteiger charge is 2.15. The zero-order chi connectivity index (χ0) is 14.2. The fourth-order valence-corrected chi connectivity index (χ4v) is 2.09. The molecule has 1 aromatic heterocycles. The fourth-order valence-electron chi connectivity index (χ4n) is 2.09. The lowest BCUT2D eigenvalue weighted by Crippen LogP contribution is -2.32. The third-order valence-electron chi connectivity index (χ3n) is 3.06. The molecule has 2 rings (SSSR count). The minimum absolute atomic E-state index is 0.00736. The van der Waals surface area contributed by atoms with Gasteiger partial charge in [-0.1, -0.05) is 19.1 Å². The lowest BCUT2D eigenvalue weighted by molar-refractivity contribution is 0.615. The number of nitrogens with zero attached hydrogens (tertiary/aromatic N) is 2. The van der Waals surface area contributed by atoms with Crippen LogP contribution in [0, 0.1) is 0 Å². The summed E-state index contributed by atoms with van der Waals surface area (Å²) in [4.78, 5) is 17.0. The van der Waals surface area contributed by atoms with Gasteiger partial charge in [-0.2, -0.15) is 0 Å². The van der Waals surface area contributed by atoms with Crippen LogP contribution in [0.5, 0.6) is 0 Å². The molecule has 0 spiro atoms. The minimum Gasteiger partial charge on any atom is -0.351 e. The van der Waals surface area contributed by atoms with Crippen LogP contribution >= 0.6 is 0 Å². The average Bonchev–Trinajstić information content (AvgIpc) is 2.33. The molecule has 0 fully saturated rings. The van der Waals surface area contributed by atoms with Crippen LogP contribution in [-0.4, -0.2) is 15.1 Å². The number of benzene rings is 1. The molecule has 102 valence electrons. The first kappa shape index (κ1) is 13.6. The SMILES string of the molecule is CCc1cccc2c(=O)n(C)c(NC(C)(C)C)nc12. The van der Waals surface area contributed by atoms with Crippen molar-refractivity contribution in [3.63, 3.8) is 0 Å². The molecule has 0 saturated heterocycles. The summed E-state index contributed by atoms with van der Waals surface area (Å²) in [5, 5.41) is 3.97. The second kappa shape index (κ2) is 4.68. The summed E-state index contributed by atoms with van der Waals surface area (Å²) < 4.78 is 1.58. The predicted octanol–water partition coefficient (Wildman–Crippen LogP) is 2.71. The van der Waals surface area contributed by atoms with E-state index in [2.05, 4.69) is 38.0 Å². The van der Waals surface area contributed by atoms with Crippen LogP contribution < -0.4 is 10.9 Å². The van der Waals surface area contributed by atoms with Crippen molar-refractivity contribution in [2.75, 3.05) is 5.32 Å². The molecule has 0 aliphatic carbocycles. The van der Waals surface area contributed by atoms with Crippen LogP contribution in [0.15, 0.2) is 23.0 Å². The van der Waals surface area contributed by atoms with Crippen LogP contribution in [0.25, 0.3) is 10.9 Å². The molecule has 4 nitrogen and oxygen atoms in total. The molecule has 0 saturated carbocycles. The molecule has 0 unspecified atom stereocenters. The second-order valence-corrected chi connectivity index (χ2v) is 5.84. The highest BCUT2D eigenvalue weighted by molar-refractivity contribution is 5.82. The van der Waals surface area contributed by atoms with Gasteiger partial charge in [0.1, 0.15) is 0 Å². The number of para-hydroxylation sites is 1. The van der Waals surface area contributed by atoms with Crippen molar-refractivity contribution in [1.29, 1.82) is 0 Å². The van der Waals surface area contributed by atoms with Crippen molar-refractivity contribution >= 4 is 16.9 Å². The highest BCUT2D eigenvalue weighted by atomic mass is 16.1. The van der Waals surface area contributed by atoms with Crippen molar-refractivity contribution in [2.24, 2.45) is 7.05 Å². The number of anilines is 1. The first-order valence-electron chi connectivity index (χ1n) is 6.60. The van der Waals surface area contributed by atoms with Crippen molar-refractivity contribution in [3.05, 3.63) is 34.1 Å². The molecule has 0 amide bonds. The van der Waals surface area contributed by atoms with Crippen LogP contribution in [0.2, 0.25) is 0 Å². The number of aryl methyl sites for hydroxylation is 1. The van der Waals surface area contributed by atoms with Gasteiger partial charge < -0.3 is 5.32 Å². The lowest BCUT2D eigenvalue weighted by Gasteiger charge is -2.23. The molecule has 1 aromatic carbocycles. The van der Waals surface area contributed by atoms with E-state index in [4.69, 9.17) is 0 Å². The van der Waals surface area contributed by atoms with Gasteiger partial charge in [-0.3, -0.25) is 9.36 Å². The Hall–Kier alpha value is -1.84. The van der Waals surface area contributed by atoms with E-state index in [9.17, 15) is 4.79 Å². The van der Waals surface area contributed by atoms with Crippen molar-refractivity contribution in [1.82, 2.24) is 9.55 Å². The fraction of sp³-hybridized carbons (Fsp3) is 0.467. The molecular weight excluding hydrogens is 238 g/mol. The summed E-state index contributed by atoms with van der Waals surface area (Å²) in [5.41, 5.74) is 1.77. The van der Waals surface area contributed by atoms with Gasteiger partial charge in [-0.15, -0.1) is 0 Å². The Labute approximate surface area is 113 Å². The molecule has 1 N–H and O–H groups in total. The average molecular weight is 259 g/mol. The number of fused-ring (bicyclic) bond motifs is 1. The normalized spacial score (nSPS) is 11.8. The molecule has 2 aromatic rings. The van der Waals surface area contributed by atoms with E-state index in [0.717, 1.165) is 17.5 Å². The Morgan fingerprint density at radius 2 is 2.00 bits per heavy atom. The summed E-state index contributed by atoms with van der Waals surface area (Å²) >= 11 is 0. The van der Waals surface area contributed by atoms with Crippen LogP contribution in [-0.2, 0) is 13.5 Å². The maximum absolute atomic E-state index is 12.4. The molecule has 4 heteroatoms. The second-order valence-electron chi connectivity index (χ2n) is 5.84. The number of hydrogen-bond donors (Lipinski definition) is 1. The van der Waals surface area contributed by atoms with Gasteiger partial charge in [-0.05, 0) is 38.8 Å². The van der Waals surface area contributed by atoms with Crippen molar-refractivity contribution in [3.8, 4) is 0 Å². The third-order valence-corrected chi connectivity index (χ3v) is 3.06. The standard InChI is InChI=1S/C15H21N3O/c1-6-10-8-7-9-11-12(10)16-14(17-15(2,3)4)18(5)13(11)19/h7-9H,6H2,1-5H3,(H,16,17). The van der Waals surface area contributed by atoms with E-state index in [-0.39, 0.29) is 11.1 Å². The Kier molecular flexibility index (Phi) is 3.35.